The average molecular weight is 290 g/mol. The lowest BCUT2D eigenvalue weighted by Gasteiger charge is -2.29. The van der Waals surface area contributed by atoms with Crippen molar-refractivity contribution in [2.24, 2.45) is 5.73 Å². The van der Waals surface area contributed by atoms with E-state index in [0.29, 0.717) is 24.9 Å². The predicted octanol–water partition coefficient (Wildman–Crippen LogP) is 2.19. The van der Waals surface area contributed by atoms with Crippen LogP contribution in [0.1, 0.15) is 43.6 Å². The molecule has 1 saturated carbocycles. The second-order valence-electron chi connectivity index (χ2n) is 5.82. The molecule has 3 N–H and O–H groups in total. The lowest BCUT2D eigenvalue weighted by Crippen LogP contribution is -2.40. The molecule has 0 heterocycles. The minimum absolute atomic E-state index is 0.0514. The maximum atomic E-state index is 11.9. The van der Waals surface area contributed by atoms with E-state index in [9.17, 15) is 4.79 Å². The normalized spacial score (nSPS) is 23.5. The Balaban J connectivity index is 1.75. The lowest BCUT2D eigenvalue weighted by molar-refractivity contribution is -0.124. The van der Waals surface area contributed by atoms with Gasteiger partial charge in [0.15, 0.2) is 0 Å². The van der Waals surface area contributed by atoms with Gasteiger partial charge in [-0.15, -0.1) is 0 Å². The van der Waals surface area contributed by atoms with E-state index in [1.807, 2.05) is 0 Å². The summed E-state index contributed by atoms with van der Waals surface area (Å²) in [5, 5.41) is 3.12. The molecule has 1 amide bonds. The number of methoxy groups -OCH3 is 1. The highest BCUT2D eigenvalue weighted by Crippen LogP contribution is 2.32. The van der Waals surface area contributed by atoms with Gasteiger partial charge < -0.3 is 15.8 Å². The van der Waals surface area contributed by atoms with Gasteiger partial charge in [-0.3, -0.25) is 4.79 Å². The third kappa shape index (κ3) is 4.83. The van der Waals surface area contributed by atoms with E-state index in [-0.39, 0.29) is 12.0 Å². The fourth-order valence-electron chi connectivity index (χ4n) is 3.05. The van der Waals surface area contributed by atoms with Gasteiger partial charge in [0.2, 0.25) is 5.91 Å². The Morgan fingerprint density at radius 1 is 1.29 bits per heavy atom. The van der Waals surface area contributed by atoms with Crippen molar-refractivity contribution in [2.75, 3.05) is 13.7 Å². The first-order chi connectivity index (χ1) is 10.2. The van der Waals surface area contributed by atoms with Crippen LogP contribution in [-0.2, 0) is 9.53 Å². The molecule has 1 fully saturated rings. The third-order valence-corrected chi connectivity index (χ3v) is 4.37. The van der Waals surface area contributed by atoms with Crippen molar-refractivity contribution in [3.05, 3.63) is 35.9 Å². The van der Waals surface area contributed by atoms with Gasteiger partial charge in [0, 0.05) is 19.7 Å². The Bertz CT molecular complexity index is 424. The van der Waals surface area contributed by atoms with Crippen LogP contribution in [0, 0.1) is 0 Å². The molecule has 21 heavy (non-hydrogen) atoms. The molecular weight excluding hydrogens is 264 g/mol. The largest absolute Gasteiger partial charge is 0.380 e. The zero-order valence-corrected chi connectivity index (χ0v) is 12.8. The van der Waals surface area contributed by atoms with Crippen molar-refractivity contribution in [3.8, 4) is 0 Å². The molecule has 1 aliphatic rings. The van der Waals surface area contributed by atoms with Gasteiger partial charge in [0.25, 0.3) is 0 Å². The summed E-state index contributed by atoms with van der Waals surface area (Å²) in [5.41, 5.74) is 6.96. The highest BCUT2D eigenvalue weighted by Gasteiger charge is 2.24. The van der Waals surface area contributed by atoms with Crippen molar-refractivity contribution in [3.63, 3.8) is 0 Å². The van der Waals surface area contributed by atoms with Crippen LogP contribution in [0.25, 0.3) is 0 Å². The van der Waals surface area contributed by atoms with Crippen molar-refractivity contribution in [2.45, 2.75) is 50.2 Å². The summed E-state index contributed by atoms with van der Waals surface area (Å²) in [5.74, 6) is 0.686. The zero-order valence-electron chi connectivity index (χ0n) is 12.8. The SMILES string of the molecule is COC(CN)CC(=O)NC1CCC(c2ccccc2)CC1. The number of carbonyl (C=O) groups is 1. The van der Waals surface area contributed by atoms with Crippen LogP contribution >= 0.6 is 0 Å². The Kier molecular flexibility index (Phi) is 6.21. The van der Waals surface area contributed by atoms with Gasteiger partial charge in [0.1, 0.15) is 0 Å². The topological polar surface area (TPSA) is 64.3 Å². The molecule has 0 aromatic heterocycles. The number of carbonyl (C=O) groups excluding carboxylic acids is 1. The monoisotopic (exact) mass is 290 g/mol. The van der Waals surface area contributed by atoms with E-state index in [2.05, 4.69) is 35.6 Å². The van der Waals surface area contributed by atoms with E-state index in [1.165, 1.54) is 5.56 Å². The number of ether oxygens (including phenoxy) is 1. The van der Waals surface area contributed by atoms with Crippen LogP contribution in [0.15, 0.2) is 30.3 Å². The van der Waals surface area contributed by atoms with Gasteiger partial charge in [0.05, 0.1) is 12.5 Å². The van der Waals surface area contributed by atoms with Crippen molar-refractivity contribution in [1.82, 2.24) is 5.32 Å². The molecule has 4 heteroatoms. The number of rotatable bonds is 6. The first-order valence-electron chi connectivity index (χ1n) is 7.80. The summed E-state index contributed by atoms with van der Waals surface area (Å²) < 4.78 is 5.15. The van der Waals surface area contributed by atoms with Gasteiger partial charge >= 0.3 is 0 Å². The number of benzene rings is 1. The predicted molar refractivity (Wildman–Crippen MR) is 84.1 cm³/mol. The van der Waals surface area contributed by atoms with Crippen molar-refractivity contribution in [1.29, 1.82) is 0 Å². The summed E-state index contributed by atoms with van der Waals surface area (Å²) in [7, 11) is 1.59. The minimum Gasteiger partial charge on any atom is -0.380 e. The first-order valence-corrected chi connectivity index (χ1v) is 7.80. The molecule has 0 saturated heterocycles. The Labute approximate surface area is 127 Å². The maximum Gasteiger partial charge on any atom is 0.222 e. The quantitative estimate of drug-likeness (QED) is 0.844. The van der Waals surface area contributed by atoms with Gasteiger partial charge in [-0.25, -0.2) is 0 Å². The minimum atomic E-state index is -0.175. The third-order valence-electron chi connectivity index (χ3n) is 4.37. The number of nitrogens with two attached hydrogens (primary N) is 1. The van der Waals surface area contributed by atoms with Crippen LogP contribution < -0.4 is 11.1 Å². The van der Waals surface area contributed by atoms with Crippen LogP contribution in [0.3, 0.4) is 0 Å². The van der Waals surface area contributed by atoms with Gasteiger partial charge in [-0.2, -0.15) is 0 Å². The summed E-state index contributed by atoms with van der Waals surface area (Å²) in [4.78, 5) is 11.9. The molecular formula is C17H26N2O2. The molecule has 4 nitrogen and oxygen atoms in total. The molecule has 1 aromatic carbocycles. The molecule has 1 atom stereocenters. The molecule has 116 valence electrons. The summed E-state index contributed by atoms with van der Waals surface area (Å²) in [6, 6.07) is 11.0. The first kappa shape index (κ1) is 16.0. The van der Waals surface area contributed by atoms with Crippen LogP contribution in [-0.4, -0.2) is 31.7 Å². The summed E-state index contributed by atoms with van der Waals surface area (Å²) in [6.45, 7) is 0.380. The fraction of sp³-hybridized carbons (Fsp3) is 0.588. The van der Waals surface area contributed by atoms with E-state index >= 15 is 0 Å². The second kappa shape index (κ2) is 8.15. The lowest BCUT2D eigenvalue weighted by atomic mass is 9.82. The number of hydrogen-bond donors (Lipinski definition) is 2. The molecule has 1 aromatic rings. The number of amides is 1. The molecule has 0 radical (unpaired) electrons. The molecule has 0 bridgehead atoms. The van der Waals surface area contributed by atoms with Crippen molar-refractivity contribution < 1.29 is 9.53 Å². The fourth-order valence-corrected chi connectivity index (χ4v) is 3.05. The summed E-state index contributed by atoms with van der Waals surface area (Å²) >= 11 is 0. The van der Waals surface area contributed by atoms with Crippen LogP contribution in [0.4, 0.5) is 0 Å². The van der Waals surface area contributed by atoms with Crippen LogP contribution in [0.2, 0.25) is 0 Å². The Hall–Kier alpha value is -1.39. The van der Waals surface area contributed by atoms with Gasteiger partial charge in [-0.05, 0) is 37.2 Å². The second-order valence-corrected chi connectivity index (χ2v) is 5.82. The van der Waals surface area contributed by atoms with Crippen molar-refractivity contribution >= 4 is 5.91 Å². The smallest absolute Gasteiger partial charge is 0.222 e. The molecule has 1 aliphatic carbocycles. The molecule has 2 rings (SSSR count). The molecule has 0 spiro atoms. The Morgan fingerprint density at radius 3 is 2.52 bits per heavy atom. The number of nitrogens with one attached hydrogen (secondary N) is 1. The standard InChI is InChI=1S/C17H26N2O2/c1-21-16(12-18)11-17(20)19-15-9-7-14(8-10-15)13-5-3-2-4-6-13/h2-6,14-16H,7-12,18H2,1H3,(H,19,20). The van der Waals surface area contributed by atoms with E-state index < -0.39 is 0 Å². The zero-order chi connectivity index (χ0) is 15.1. The number of hydrogen-bond acceptors (Lipinski definition) is 3. The van der Waals surface area contributed by atoms with E-state index in [0.717, 1.165) is 25.7 Å². The van der Waals surface area contributed by atoms with Crippen LogP contribution in [0.5, 0.6) is 0 Å². The maximum absolute atomic E-state index is 11.9. The van der Waals surface area contributed by atoms with E-state index in [4.69, 9.17) is 10.5 Å². The summed E-state index contributed by atoms with van der Waals surface area (Å²) in [6.07, 6.45) is 4.55. The average Bonchev–Trinajstić information content (AvgIpc) is 2.54. The van der Waals surface area contributed by atoms with Gasteiger partial charge in [-0.1, -0.05) is 30.3 Å². The highest BCUT2D eigenvalue weighted by molar-refractivity contribution is 5.76. The molecule has 0 aliphatic heterocycles. The molecule has 1 unspecified atom stereocenters. The Morgan fingerprint density at radius 2 is 1.95 bits per heavy atom. The van der Waals surface area contributed by atoms with E-state index in [1.54, 1.807) is 7.11 Å². The highest BCUT2D eigenvalue weighted by atomic mass is 16.5.